The predicted molar refractivity (Wildman–Crippen MR) is 124 cm³/mol. The molecule has 1 N–H and O–H groups in total. The van der Waals surface area contributed by atoms with Gasteiger partial charge in [-0.2, -0.15) is 0 Å². The number of amides is 2. The Hall–Kier alpha value is -1.76. The monoisotopic (exact) mass is 514 g/mol. The number of ether oxygens (including phenoxy) is 1. The first-order chi connectivity index (χ1) is 14.2. The maximum Gasteiger partial charge on any atom is 0.261 e. The Morgan fingerprint density at radius 2 is 1.70 bits per heavy atom. The van der Waals surface area contributed by atoms with Crippen LogP contribution in [-0.4, -0.2) is 35.4 Å². The van der Waals surface area contributed by atoms with Crippen LogP contribution >= 0.6 is 39.1 Å². The molecule has 162 valence electrons. The van der Waals surface area contributed by atoms with Crippen molar-refractivity contribution in [2.75, 3.05) is 6.61 Å². The zero-order valence-corrected chi connectivity index (χ0v) is 20.2. The van der Waals surface area contributed by atoms with Gasteiger partial charge >= 0.3 is 0 Å². The van der Waals surface area contributed by atoms with Crippen LogP contribution < -0.4 is 10.1 Å². The molecule has 2 rings (SSSR count). The summed E-state index contributed by atoms with van der Waals surface area (Å²) in [7, 11) is 0. The number of nitrogens with one attached hydrogen (secondary N) is 1. The van der Waals surface area contributed by atoms with E-state index in [0.29, 0.717) is 21.4 Å². The van der Waals surface area contributed by atoms with E-state index in [1.807, 2.05) is 26.0 Å². The van der Waals surface area contributed by atoms with Gasteiger partial charge in [-0.25, -0.2) is 0 Å². The van der Waals surface area contributed by atoms with Crippen molar-refractivity contribution in [2.24, 2.45) is 0 Å². The lowest BCUT2D eigenvalue weighted by Gasteiger charge is -2.30. The van der Waals surface area contributed by atoms with Crippen LogP contribution in [0.3, 0.4) is 0 Å². The van der Waals surface area contributed by atoms with Crippen LogP contribution in [0.1, 0.15) is 32.8 Å². The topological polar surface area (TPSA) is 58.6 Å². The third kappa shape index (κ3) is 6.89. The van der Waals surface area contributed by atoms with Crippen molar-refractivity contribution in [3.05, 3.63) is 62.5 Å². The van der Waals surface area contributed by atoms with Crippen molar-refractivity contribution >= 4 is 50.9 Å². The van der Waals surface area contributed by atoms with Crippen LogP contribution in [0.15, 0.2) is 46.9 Å². The minimum atomic E-state index is -0.729. The number of halogens is 3. The Labute approximate surface area is 195 Å². The number of hydrogen-bond donors (Lipinski definition) is 1. The molecule has 0 aliphatic carbocycles. The van der Waals surface area contributed by atoms with E-state index in [1.54, 1.807) is 37.3 Å². The highest BCUT2D eigenvalue weighted by Gasteiger charge is 2.28. The molecule has 0 aromatic heterocycles. The van der Waals surface area contributed by atoms with Crippen molar-refractivity contribution in [3.63, 3.8) is 0 Å². The Balaban J connectivity index is 2.21. The normalized spacial score (nSPS) is 12.7. The number of benzene rings is 2. The lowest BCUT2D eigenvalue weighted by molar-refractivity contribution is -0.142. The minimum Gasteiger partial charge on any atom is -0.484 e. The first kappa shape index (κ1) is 24.5. The molecular formula is C22H25BrCl2N2O3. The van der Waals surface area contributed by atoms with E-state index in [9.17, 15) is 9.59 Å². The number of carbonyl (C=O) groups excluding carboxylic acids is 2. The van der Waals surface area contributed by atoms with Gasteiger partial charge in [0.05, 0.1) is 0 Å². The van der Waals surface area contributed by atoms with Gasteiger partial charge in [0.25, 0.3) is 5.91 Å². The summed E-state index contributed by atoms with van der Waals surface area (Å²) in [5.41, 5.74) is 0.584. The van der Waals surface area contributed by atoms with Crippen molar-refractivity contribution in [1.82, 2.24) is 10.2 Å². The molecule has 2 atom stereocenters. The summed E-state index contributed by atoms with van der Waals surface area (Å²) in [4.78, 5) is 27.2. The predicted octanol–water partition coefficient (Wildman–Crippen LogP) is 5.47. The van der Waals surface area contributed by atoms with Crippen molar-refractivity contribution in [2.45, 2.75) is 45.8 Å². The number of rotatable bonds is 9. The van der Waals surface area contributed by atoms with Gasteiger partial charge in [-0.3, -0.25) is 9.59 Å². The molecule has 0 saturated carbocycles. The van der Waals surface area contributed by atoms with Gasteiger partial charge in [0, 0.05) is 32.7 Å². The zero-order valence-electron chi connectivity index (χ0n) is 17.1. The lowest BCUT2D eigenvalue weighted by Crippen LogP contribution is -2.50. The second kappa shape index (κ2) is 11.6. The second-order valence-corrected chi connectivity index (χ2v) is 8.69. The molecule has 8 heteroatoms. The fraction of sp³-hybridized carbons (Fsp3) is 0.364. The van der Waals surface area contributed by atoms with E-state index in [0.717, 1.165) is 10.9 Å². The van der Waals surface area contributed by atoms with Crippen molar-refractivity contribution in [3.8, 4) is 5.75 Å². The molecule has 2 aromatic carbocycles. The standard InChI is InChI=1S/C22H25BrCl2N2O3/c1-4-14(2)26-22(29)15(3)27(12-18-19(24)6-5-7-20(18)25)21(28)13-30-17-10-8-16(23)9-11-17/h5-11,14-15H,4,12-13H2,1-3H3,(H,26,29). The van der Waals surface area contributed by atoms with Gasteiger partial charge in [-0.1, -0.05) is 52.1 Å². The molecule has 5 nitrogen and oxygen atoms in total. The summed E-state index contributed by atoms with van der Waals surface area (Å²) < 4.78 is 6.53. The van der Waals surface area contributed by atoms with Gasteiger partial charge < -0.3 is 15.0 Å². The quantitative estimate of drug-likeness (QED) is 0.482. The van der Waals surface area contributed by atoms with Gasteiger partial charge in [0.15, 0.2) is 6.61 Å². The van der Waals surface area contributed by atoms with E-state index in [-0.39, 0.29) is 31.0 Å². The molecule has 0 fully saturated rings. The van der Waals surface area contributed by atoms with Crippen LogP contribution in [0, 0.1) is 0 Å². The van der Waals surface area contributed by atoms with Crippen LogP contribution in [0.5, 0.6) is 5.75 Å². The van der Waals surface area contributed by atoms with Gasteiger partial charge in [0.1, 0.15) is 11.8 Å². The molecule has 0 aliphatic heterocycles. The summed E-state index contributed by atoms with van der Waals surface area (Å²) in [5, 5.41) is 3.78. The Morgan fingerprint density at radius 3 is 2.27 bits per heavy atom. The van der Waals surface area contributed by atoms with Gasteiger partial charge in [-0.05, 0) is 56.7 Å². The lowest BCUT2D eigenvalue weighted by atomic mass is 10.1. The molecule has 2 aromatic rings. The maximum atomic E-state index is 13.0. The van der Waals surface area contributed by atoms with E-state index in [2.05, 4.69) is 21.2 Å². The largest absolute Gasteiger partial charge is 0.484 e. The third-order valence-corrected chi connectivity index (χ3v) is 5.97. The Kier molecular flexibility index (Phi) is 9.46. The molecule has 0 spiro atoms. The molecule has 2 unspecified atom stereocenters. The zero-order chi connectivity index (χ0) is 22.3. The second-order valence-electron chi connectivity index (χ2n) is 6.96. The fourth-order valence-corrected chi connectivity index (χ4v) is 3.44. The van der Waals surface area contributed by atoms with Crippen LogP contribution in [0.25, 0.3) is 0 Å². The van der Waals surface area contributed by atoms with Crippen molar-refractivity contribution in [1.29, 1.82) is 0 Å². The number of carbonyl (C=O) groups is 2. The summed E-state index contributed by atoms with van der Waals surface area (Å²) in [5.74, 6) is -0.0378. The Morgan fingerprint density at radius 1 is 1.10 bits per heavy atom. The van der Waals surface area contributed by atoms with Crippen LogP contribution in [0.2, 0.25) is 10.0 Å². The van der Waals surface area contributed by atoms with E-state index < -0.39 is 6.04 Å². The number of hydrogen-bond acceptors (Lipinski definition) is 3. The molecule has 0 bridgehead atoms. The first-order valence-corrected chi connectivity index (χ1v) is 11.2. The van der Waals surface area contributed by atoms with Gasteiger partial charge in [-0.15, -0.1) is 0 Å². The molecule has 0 aliphatic rings. The summed E-state index contributed by atoms with van der Waals surface area (Å²) in [6, 6.07) is 11.6. The SMILES string of the molecule is CCC(C)NC(=O)C(C)N(Cc1c(Cl)cccc1Cl)C(=O)COc1ccc(Br)cc1. The number of nitrogens with zero attached hydrogens (tertiary/aromatic N) is 1. The van der Waals surface area contributed by atoms with Crippen molar-refractivity contribution < 1.29 is 14.3 Å². The highest BCUT2D eigenvalue weighted by molar-refractivity contribution is 9.10. The average molecular weight is 516 g/mol. The molecule has 0 heterocycles. The first-order valence-electron chi connectivity index (χ1n) is 9.64. The van der Waals surface area contributed by atoms with Crippen LogP contribution in [0.4, 0.5) is 0 Å². The highest BCUT2D eigenvalue weighted by Crippen LogP contribution is 2.26. The van der Waals surface area contributed by atoms with E-state index >= 15 is 0 Å². The molecule has 0 radical (unpaired) electrons. The summed E-state index contributed by atoms with van der Waals surface area (Å²) in [6.45, 7) is 5.45. The van der Waals surface area contributed by atoms with Gasteiger partial charge in [0.2, 0.25) is 5.91 Å². The maximum absolute atomic E-state index is 13.0. The van der Waals surface area contributed by atoms with E-state index in [1.165, 1.54) is 4.90 Å². The smallest absolute Gasteiger partial charge is 0.261 e. The minimum absolute atomic E-state index is 0.000168. The fourth-order valence-electron chi connectivity index (χ4n) is 2.66. The molecule has 30 heavy (non-hydrogen) atoms. The average Bonchev–Trinajstić information content (AvgIpc) is 2.72. The summed E-state index contributed by atoms with van der Waals surface area (Å²) in [6.07, 6.45) is 0.787. The van der Waals surface area contributed by atoms with E-state index in [4.69, 9.17) is 27.9 Å². The Bertz CT molecular complexity index is 857. The van der Waals surface area contributed by atoms with Crippen LogP contribution in [-0.2, 0) is 16.1 Å². The highest BCUT2D eigenvalue weighted by atomic mass is 79.9. The third-order valence-electron chi connectivity index (χ3n) is 4.73. The molecule has 2 amide bonds. The summed E-state index contributed by atoms with van der Waals surface area (Å²) >= 11 is 16.0. The molecule has 0 saturated heterocycles. The molecular weight excluding hydrogens is 491 g/mol.